The monoisotopic (exact) mass is 571 g/mol. The number of pyridine rings is 1. The Labute approximate surface area is 238 Å². The highest BCUT2D eigenvalue weighted by atomic mass is 35.5. The number of benzene rings is 2. The lowest BCUT2D eigenvalue weighted by molar-refractivity contribution is 0.126. The number of carbonyl (C=O) groups excluding carboxylic acids is 1. The average molecular weight is 572 g/mol. The average Bonchev–Trinajstić information content (AvgIpc) is 2.95. The summed E-state index contributed by atoms with van der Waals surface area (Å²) in [5, 5.41) is 27.6. The van der Waals surface area contributed by atoms with Crippen LogP contribution in [0.5, 0.6) is 11.5 Å². The summed E-state index contributed by atoms with van der Waals surface area (Å²) in [6, 6.07) is 9.80. The first-order valence-electron chi connectivity index (χ1n) is 13.3. The molecule has 3 aromatic rings. The molecule has 0 aliphatic heterocycles. The van der Waals surface area contributed by atoms with Gasteiger partial charge in [0.1, 0.15) is 18.1 Å². The van der Waals surface area contributed by atoms with Gasteiger partial charge in [-0.1, -0.05) is 17.7 Å². The van der Waals surface area contributed by atoms with E-state index >= 15 is 0 Å². The van der Waals surface area contributed by atoms with E-state index < -0.39 is 12.2 Å². The third-order valence-electron chi connectivity index (χ3n) is 7.23. The smallest absolute Gasteiger partial charge is 0.411 e. The van der Waals surface area contributed by atoms with Gasteiger partial charge >= 0.3 is 6.09 Å². The van der Waals surface area contributed by atoms with Crippen LogP contribution >= 0.6 is 11.6 Å². The topological polar surface area (TPSA) is 136 Å². The van der Waals surface area contributed by atoms with Gasteiger partial charge in [-0.15, -0.1) is 0 Å². The number of carbonyl (C=O) groups is 1. The second kappa shape index (κ2) is 13.8. The van der Waals surface area contributed by atoms with Crippen molar-refractivity contribution in [2.75, 3.05) is 39.2 Å². The van der Waals surface area contributed by atoms with E-state index in [1.807, 2.05) is 0 Å². The molecule has 0 unspecified atom stereocenters. The molecule has 1 aliphatic carbocycles. The van der Waals surface area contributed by atoms with Crippen molar-refractivity contribution in [1.82, 2.24) is 15.2 Å². The van der Waals surface area contributed by atoms with Crippen LogP contribution in [0.1, 0.15) is 42.9 Å². The molecule has 5 N–H and O–H groups in total. The SMILES string of the molecule is COc1cc(NC(=O)OCCN(C)C2CC[CH]CC2)c(Cl)cc1CNC[C@H](O)c1ccc(O)c2[nH]c(=O)ccc12. The molecular weight excluding hydrogens is 536 g/mol. The number of aliphatic hydroxyl groups excluding tert-OH is 1. The molecule has 10 nitrogen and oxygen atoms in total. The van der Waals surface area contributed by atoms with Crippen LogP contribution in [0.2, 0.25) is 5.02 Å². The second-order valence-corrected chi connectivity index (χ2v) is 10.3. The normalized spacial score (nSPS) is 14.8. The van der Waals surface area contributed by atoms with Crippen LogP contribution in [-0.2, 0) is 11.3 Å². The molecule has 0 bridgehead atoms. The summed E-state index contributed by atoms with van der Waals surface area (Å²) in [6.07, 6.45) is 5.33. The van der Waals surface area contributed by atoms with Crippen LogP contribution in [0, 0.1) is 6.42 Å². The molecule has 215 valence electrons. The number of hydrogen-bond acceptors (Lipinski definition) is 8. The Hall–Kier alpha value is -3.31. The van der Waals surface area contributed by atoms with E-state index in [-0.39, 0.29) is 30.0 Å². The van der Waals surface area contributed by atoms with Gasteiger partial charge in [0.05, 0.1) is 29.4 Å². The van der Waals surface area contributed by atoms with Crippen LogP contribution in [0.15, 0.2) is 41.2 Å². The molecule has 0 spiro atoms. The van der Waals surface area contributed by atoms with Crippen molar-refractivity contribution in [1.29, 1.82) is 0 Å². The molecule has 1 amide bonds. The maximum atomic E-state index is 12.4. The Kier molecular flexibility index (Phi) is 10.3. The van der Waals surface area contributed by atoms with E-state index in [0.717, 1.165) is 31.2 Å². The first-order chi connectivity index (χ1) is 19.3. The molecule has 1 radical (unpaired) electrons. The number of hydrogen-bond donors (Lipinski definition) is 5. The number of methoxy groups -OCH3 is 1. The zero-order valence-corrected chi connectivity index (χ0v) is 23.5. The molecule has 1 aromatic heterocycles. The van der Waals surface area contributed by atoms with Crippen molar-refractivity contribution in [2.45, 2.75) is 44.4 Å². The highest BCUT2D eigenvalue weighted by Gasteiger charge is 2.19. The quantitative estimate of drug-likeness (QED) is 0.229. The van der Waals surface area contributed by atoms with Crippen molar-refractivity contribution in [3.8, 4) is 11.5 Å². The number of aliphatic hydroxyl groups is 1. The van der Waals surface area contributed by atoms with Gasteiger partial charge in [0.15, 0.2) is 0 Å². The fraction of sp³-hybridized carbons (Fsp3) is 0.414. The number of ether oxygens (including phenoxy) is 2. The number of nitrogens with zero attached hydrogens (tertiary/aromatic N) is 1. The van der Waals surface area contributed by atoms with Crippen molar-refractivity contribution < 1.29 is 24.5 Å². The van der Waals surface area contributed by atoms with Crippen LogP contribution in [0.25, 0.3) is 10.9 Å². The Morgan fingerprint density at radius 2 is 2.00 bits per heavy atom. The van der Waals surface area contributed by atoms with E-state index in [0.29, 0.717) is 46.5 Å². The molecule has 40 heavy (non-hydrogen) atoms. The third-order valence-corrected chi connectivity index (χ3v) is 7.55. The van der Waals surface area contributed by atoms with Gasteiger partial charge in [0, 0.05) is 48.8 Å². The molecule has 1 atom stereocenters. The molecular formula is C29H36ClN4O6. The third kappa shape index (κ3) is 7.45. The zero-order valence-electron chi connectivity index (χ0n) is 22.7. The number of likely N-dealkylation sites (N-methyl/N-ethyl adjacent to an activating group) is 1. The minimum Gasteiger partial charge on any atom is -0.506 e. The Balaban J connectivity index is 1.31. The standard InChI is InChI=1S/C29H36ClN4O6/c1-34(19-6-4-3-5-7-19)12-13-40-29(38)32-23-15-26(39-2)18(14-22(23)30)16-31-17-25(36)20-8-10-24(35)28-21(20)9-11-27(37)33-28/h3,8-11,14-15,19,25,31,35-36H,4-7,12-13,16-17H2,1-2H3,(H,32,38)(H,33,37)/t25-/m0/s1. The number of halogens is 1. The largest absolute Gasteiger partial charge is 0.506 e. The van der Waals surface area contributed by atoms with Crippen molar-refractivity contribution >= 4 is 34.3 Å². The van der Waals surface area contributed by atoms with Gasteiger partial charge in [-0.05, 0) is 62.9 Å². The van der Waals surface area contributed by atoms with Crippen molar-refractivity contribution in [3.63, 3.8) is 0 Å². The molecule has 1 saturated carbocycles. The molecule has 2 aromatic carbocycles. The predicted molar refractivity (Wildman–Crippen MR) is 155 cm³/mol. The molecule has 1 heterocycles. The van der Waals surface area contributed by atoms with Crippen molar-refractivity contribution in [3.05, 3.63) is 69.3 Å². The number of fused-ring (bicyclic) bond motifs is 1. The summed E-state index contributed by atoms with van der Waals surface area (Å²) in [5.74, 6) is 0.433. The Morgan fingerprint density at radius 1 is 1.23 bits per heavy atom. The zero-order chi connectivity index (χ0) is 28.6. The number of aromatic nitrogens is 1. The molecule has 1 aliphatic rings. The van der Waals surface area contributed by atoms with E-state index in [4.69, 9.17) is 21.1 Å². The number of aromatic hydroxyl groups is 1. The molecule has 1 fully saturated rings. The van der Waals surface area contributed by atoms with E-state index in [2.05, 4.69) is 34.0 Å². The van der Waals surface area contributed by atoms with Crippen LogP contribution in [0.4, 0.5) is 10.5 Å². The summed E-state index contributed by atoms with van der Waals surface area (Å²) < 4.78 is 10.9. The Bertz CT molecular complexity index is 1370. The number of phenols is 1. The Morgan fingerprint density at radius 3 is 2.75 bits per heavy atom. The number of amides is 1. The summed E-state index contributed by atoms with van der Waals surface area (Å²) in [6.45, 7) is 1.43. The highest BCUT2D eigenvalue weighted by molar-refractivity contribution is 6.33. The van der Waals surface area contributed by atoms with Gasteiger partial charge in [-0.25, -0.2) is 4.79 Å². The van der Waals surface area contributed by atoms with Gasteiger partial charge in [0.2, 0.25) is 5.56 Å². The van der Waals surface area contributed by atoms with Crippen LogP contribution in [0.3, 0.4) is 0 Å². The number of anilines is 1. The number of nitrogens with one attached hydrogen (secondary N) is 3. The summed E-state index contributed by atoms with van der Waals surface area (Å²) in [4.78, 5) is 28.9. The highest BCUT2D eigenvalue weighted by Crippen LogP contribution is 2.32. The minimum atomic E-state index is -0.915. The van der Waals surface area contributed by atoms with Gasteiger partial charge in [-0.2, -0.15) is 0 Å². The van der Waals surface area contributed by atoms with Gasteiger partial charge < -0.3 is 34.9 Å². The van der Waals surface area contributed by atoms with Gasteiger partial charge in [0.25, 0.3) is 0 Å². The maximum Gasteiger partial charge on any atom is 0.411 e. The molecule has 0 saturated heterocycles. The fourth-order valence-electron chi connectivity index (χ4n) is 4.98. The van der Waals surface area contributed by atoms with E-state index in [9.17, 15) is 19.8 Å². The van der Waals surface area contributed by atoms with E-state index in [1.165, 1.54) is 19.2 Å². The number of H-pyrrole nitrogens is 1. The van der Waals surface area contributed by atoms with Crippen LogP contribution < -0.4 is 20.9 Å². The van der Waals surface area contributed by atoms with Gasteiger partial charge in [-0.3, -0.25) is 10.1 Å². The lowest BCUT2D eigenvalue weighted by Gasteiger charge is -2.30. The number of rotatable bonds is 11. The predicted octanol–water partition coefficient (Wildman–Crippen LogP) is 4.35. The first kappa shape index (κ1) is 29.7. The number of phenolic OH excluding ortho intramolecular Hbond substituents is 1. The second-order valence-electron chi connectivity index (χ2n) is 9.91. The minimum absolute atomic E-state index is 0.0702. The summed E-state index contributed by atoms with van der Waals surface area (Å²) in [7, 11) is 3.57. The van der Waals surface area contributed by atoms with Crippen LogP contribution in [-0.4, -0.2) is 66.1 Å². The first-order valence-corrected chi connectivity index (χ1v) is 13.7. The fourth-order valence-corrected chi connectivity index (χ4v) is 5.22. The molecule has 11 heteroatoms. The maximum absolute atomic E-state index is 12.4. The summed E-state index contributed by atoms with van der Waals surface area (Å²) >= 11 is 6.45. The lowest BCUT2D eigenvalue weighted by Crippen LogP contribution is -2.36. The molecule has 4 rings (SSSR count). The summed E-state index contributed by atoms with van der Waals surface area (Å²) in [5.41, 5.74) is 1.58. The lowest BCUT2D eigenvalue weighted by atomic mass is 9.94. The number of aromatic amines is 1. The van der Waals surface area contributed by atoms with E-state index in [1.54, 1.807) is 24.3 Å². The van der Waals surface area contributed by atoms with Crippen molar-refractivity contribution in [2.24, 2.45) is 0 Å².